The van der Waals surface area contributed by atoms with Crippen molar-refractivity contribution >= 4 is 5.97 Å². The molecule has 5 heteroatoms. The smallest absolute Gasteiger partial charge is 0.316 e. The van der Waals surface area contributed by atoms with Crippen molar-refractivity contribution in [3.63, 3.8) is 0 Å². The Bertz CT molecular complexity index is 795. The maximum absolute atomic E-state index is 13.1. The Hall–Kier alpha value is -1.43. The molecular weight excluding hydrogens is 354 g/mol. The quantitative estimate of drug-likeness (QED) is 0.738. The summed E-state index contributed by atoms with van der Waals surface area (Å²) in [6.45, 7) is 11.3. The van der Waals surface area contributed by atoms with Gasteiger partial charge in [-0.2, -0.15) is 5.06 Å². The van der Waals surface area contributed by atoms with Crippen LogP contribution >= 0.6 is 0 Å². The van der Waals surface area contributed by atoms with E-state index in [1.807, 2.05) is 49.2 Å². The van der Waals surface area contributed by atoms with Crippen LogP contribution in [0.5, 0.6) is 0 Å². The Morgan fingerprint density at radius 3 is 2.64 bits per heavy atom. The number of carbonyl (C=O) groups is 1. The van der Waals surface area contributed by atoms with E-state index < -0.39 is 11.6 Å². The van der Waals surface area contributed by atoms with E-state index in [-0.39, 0.29) is 41.7 Å². The molecule has 4 fully saturated rings. The fourth-order valence-electron chi connectivity index (χ4n) is 6.64. The summed E-state index contributed by atoms with van der Waals surface area (Å²) in [6.07, 6.45) is 2.21. The second kappa shape index (κ2) is 5.80. The van der Waals surface area contributed by atoms with Crippen LogP contribution in [0.4, 0.5) is 0 Å². The number of ether oxygens (including phenoxy) is 2. The van der Waals surface area contributed by atoms with Crippen LogP contribution in [0.25, 0.3) is 0 Å². The Morgan fingerprint density at radius 1 is 1.21 bits per heavy atom. The lowest BCUT2D eigenvalue weighted by Gasteiger charge is -2.40. The maximum Gasteiger partial charge on any atom is 0.316 e. The average Bonchev–Trinajstić information content (AvgIpc) is 3.22. The first kappa shape index (κ1) is 18.6. The molecule has 2 saturated carbocycles. The van der Waals surface area contributed by atoms with Gasteiger partial charge < -0.3 is 9.47 Å². The molecule has 28 heavy (non-hydrogen) atoms. The molecule has 0 aromatic heterocycles. The lowest BCUT2D eigenvalue weighted by Crippen LogP contribution is -2.49. The fraction of sp³-hybridized carbons (Fsp3) is 0.696. The highest BCUT2D eigenvalue weighted by Crippen LogP contribution is 2.71. The number of nitrogens with zero attached hydrogens (tertiary/aromatic N) is 1. The average molecular weight is 386 g/mol. The summed E-state index contributed by atoms with van der Waals surface area (Å²) >= 11 is 0. The summed E-state index contributed by atoms with van der Waals surface area (Å²) in [7, 11) is 0. The van der Waals surface area contributed by atoms with Crippen molar-refractivity contribution in [3.05, 3.63) is 35.9 Å². The van der Waals surface area contributed by atoms with E-state index in [4.69, 9.17) is 14.3 Å². The van der Waals surface area contributed by atoms with Crippen molar-refractivity contribution in [1.82, 2.24) is 5.06 Å². The minimum Gasteiger partial charge on any atom is -0.460 e. The highest BCUT2D eigenvalue weighted by molar-refractivity contribution is 5.75. The van der Waals surface area contributed by atoms with Crippen LogP contribution in [0.15, 0.2) is 30.3 Å². The van der Waals surface area contributed by atoms with Gasteiger partial charge in [-0.3, -0.25) is 9.63 Å². The summed E-state index contributed by atoms with van der Waals surface area (Å²) in [5, 5.41) is 2.04. The van der Waals surface area contributed by atoms with Crippen molar-refractivity contribution < 1.29 is 19.1 Å². The van der Waals surface area contributed by atoms with E-state index in [9.17, 15) is 4.79 Å². The topological polar surface area (TPSA) is 48.0 Å². The fourth-order valence-corrected chi connectivity index (χ4v) is 6.64. The van der Waals surface area contributed by atoms with Crippen LogP contribution in [0.3, 0.4) is 0 Å². The molecule has 2 heterocycles. The van der Waals surface area contributed by atoms with Crippen LogP contribution in [-0.4, -0.2) is 35.0 Å². The van der Waals surface area contributed by atoms with E-state index in [0.29, 0.717) is 5.92 Å². The number of hydroxylamine groups is 2. The molecule has 0 radical (unpaired) electrons. The zero-order chi connectivity index (χ0) is 19.9. The first-order chi connectivity index (χ1) is 13.2. The zero-order valence-corrected chi connectivity index (χ0v) is 17.5. The van der Waals surface area contributed by atoms with Gasteiger partial charge in [0.2, 0.25) is 0 Å². The summed E-state index contributed by atoms with van der Waals surface area (Å²) in [5.74, 6) is -0.165. The predicted octanol–water partition coefficient (Wildman–Crippen LogP) is 3.92. The number of rotatable bonds is 3. The summed E-state index contributed by atoms with van der Waals surface area (Å²) < 4.78 is 12.4. The largest absolute Gasteiger partial charge is 0.460 e. The van der Waals surface area contributed by atoms with Crippen LogP contribution in [0.1, 0.15) is 53.0 Å². The molecule has 0 amide bonds. The van der Waals surface area contributed by atoms with E-state index in [2.05, 4.69) is 20.8 Å². The highest BCUT2D eigenvalue weighted by atomic mass is 16.8. The first-order valence-corrected chi connectivity index (χ1v) is 10.5. The van der Waals surface area contributed by atoms with Gasteiger partial charge in [0.05, 0.1) is 18.2 Å². The highest BCUT2D eigenvalue weighted by Gasteiger charge is 2.77. The third kappa shape index (κ3) is 2.16. The van der Waals surface area contributed by atoms with Gasteiger partial charge in [-0.1, -0.05) is 51.1 Å². The summed E-state index contributed by atoms with van der Waals surface area (Å²) in [4.78, 5) is 19.4. The van der Waals surface area contributed by atoms with Gasteiger partial charge in [0, 0.05) is 5.41 Å². The van der Waals surface area contributed by atoms with Crippen molar-refractivity contribution in [3.8, 4) is 0 Å². The number of fused-ring (bicyclic) bond motifs is 7. The molecule has 1 aromatic carbocycles. The molecule has 1 aromatic rings. The number of esters is 1. The Labute approximate surface area is 167 Å². The summed E-state index contributed by atoms with van der Waals surface area (Å²) in [6, 6.07) is 10.0. The van der Waals surface area contributed by atoms with Gasteiger partial charge >= 0.3 is 5.97 Å². The minimum atomic E-state index is -0.761. The van der Waals surface area contributed by atoms with Crippen molar-refractivity contribution in [2.75, 3.05) is 0 Å². The molecule has 2 saturated heterocycles. The molecule has 2 bridgehead atoms. The molecule has 0 N–H and O–H groups in total. The molecule has 152 valence electrons. The monoisotopic (exact) mass is 385 g/mol. The lowest BCUT2D eigenvalue weighted by atomic mass is 9.70. The lowest BCUT2D eigenvalue weighted by molar-refractivity contribution is -0.232. The molecule has 7 atom stereocenters. The molecule has 2 aliphatic heterocycles. The SMILES string of the molecule is C[C@@H]1ON2[C@@H]3[C@H]4CC[C@@](C)([C@@H]3O[C@@]2(C)[C@H]1C(=O)OCc1ccccc1)C4(C)C. The predicted molar refractivity (Wildman–Crippen MR) is 104 cm³/mol. The first-order valence-electron chi connectivity index (χ1n) is 10.5. The third-order valence-electron chi connectivity index (χ3n) is 8.60. The molecule has 2 aliphatic carbocycles. The Balaban J connectivity index is 1.39. The Kier molecular flexibility index (Phi) is 3.85. The maximum atomic E-state index is 13.1. The van der Waals surface area contributed by atoms with Crippen molar-refractivity contribution in [2.24, 2.45) is 22.7 Å². The van der Waals surface area contributed by atoms with Gasteiger partial charge in [-0.25, -0.2) is 0 Å². The number of benzene rings is 1. The second-order valence-electron chi connectivity index (χ2n) is 10.1. The van der Waals surface area contributed by atoms with Crippen LogP contribution < -0.4 is 0 Å². The van der Waals surface area contributed by atoms with Gasteiger partial charge in [0.15, 0.2) is 5.72 Å². The molecule has 0 spiro atoms. The summed E-state index contributed by atoms with van der Waals surface area (Å²) in [5.41, 5.74) is 0.548. The van der Waals surface area contributed by atoms with Crippen LogP contribution in [0.2, 0.25) is 0 Å². The molecule has 0 unspecified atom stereocenters. The molecular formula is C23H31NO4. The molecule has 4 aliphatic rings. The standard InChI is InChI=1S/C23H31NO4/c1-14-17(20(25)26-13-15-9-7-6-8-10-15)23(5)24(28-14)18-16-11-12-22(4,19(18)27-23)21(16,2)3/h6-10,14,16-19H,11-13H2,1-5H3/t14-,16+,17+,18+,19+,22-,23-/m0/s1. The number of carbonyl (C=O) groups excluding carboxylic acids is 1. The van der Waals surface area contributed by atoms with Gasteiger partial charge in [-0.05, 0) is 43.6 Å². The molecule has 5 nitrogen and oxygen atoms in total. The second-order valence-corrected chi connectivity index (χ2v) is 10.1. The number of hydrogen-bond donors (Lipinski definition) is 0. The van der Waals surface area contributed by atoms with E-state index in [0.717, 1.165) is 5.56 Å². The Morgan fingerprint density at radius 2 is 1.93 bits per heavy atom. The van der Waals surface area contributed by atoms with E-state index in [1.54, 1.807) is 0 Å². The minimum absolute atomic E-state index is 0.100. The zero-order valence-electron chi connectivity index (χ0n) is 17.5. The van der Waals surface area contributed by atoms with Gasteiger partial charge in [0.25, 0.3) is 0 Å². The van der Waals surface area contributed by atoms with Gasteiger partial charge in [-0.15, -0.1) is 0 Å². The normalized spacial score (nSPS) is 45.8. The van der Waals surface area contributed by atoms with Crippen LogP contribution in [-0.2, 0) is 25.7 Å². The third-order valence-corrected chi connectivity index (χ3v) is 8.60. The van der Waals surface area contributed by atoms with E-state index in [1.165, 1.54) is 12.8 Å². The molecule has 5 rings (SSSR count). The van der Waals surface area contributed by atoms with Crippen molar-refractivity contribution in [1.29, 1.82) is 0 Å². The van der Waals surface area contributed by atoms with Gasteiger partial charge in [0.1, 0.15) is 12.5 Å². The van der Waals surface area contributed by atoms with Crippen molar-refractivity contribution in [2.45, 2.75) is 78.0 Å². The van der Waals surface area contributed by atoms with Crippen LogP contribution in [0, 0.1) is 22.7 Å². The van der Waals surface area contributed by atoms with E-state index >= 15 is 0 Å². The number of hydrogen-bond acceptors (Lipinski definition) is 5.